The predicted octanol–water partition coefficient (Wildman–Crippen LogP) is 7.05. The topological polar surface area (TPSA) is 86.8 Å². The molecule has 0 fully saturated rings. The van der Waals surface area contributed by atoms with Gasteiger partial charge in [-0.2, -0.15) is 0 Å². The van der Waals surface area contributed by atoms with Gasteiger partial charge in [-0.05, 0) is 54.8 Å². The molecule has 7 nitrogen and oxygen atoms in total. The Bertz CT molecular complexity index is 1670. The fourth-order valence-electron chi connectivity index (χ4n) is 4.88. The molecule has 2 amide bonds. The molecule has 0 aliphatic heterocycles. The van der Waals surface area contributed by atoms with Crippen molar-refractivity contribution < 1.29 is 18.0 Å². The number of aryl methyl sites for hydroxylation is 1. The van der Waals surface area contributed by atoms with Crippen LogP contribution in [-0.4, -0.2) is 44.3 Å². The number of rotatable bonds is 14. The molecule has 236 valence electrons. The number of carbonyl (C=O) groups excluding carboxylic acids is 2. The van der Waals surface area contributed by atoms with E-state index in [1.807, 2.05) is 68.4 Å². The number of anilines is 1. The third kappa shape index (κ3) is 9.33. The van der Waals surface area contributed by atoms with E-state index in [1.165, 1.54) is 35.2 Å². The van der Waals surface area contributed by atoms with Gasteiger partial charge in [0.25, 0.3) is 10.0 Å². The standard InChI is InChI=1S/C35H37Cl2N3O4S/c1-3-4-19-38-35(42)33(20-27-11-7-5-8-12-27)39(24-28-17-15-26(2)16-18-28)34(41)25-40(31-22-29(36)21-30(37)23-31)45(43,44)32-13-9-6-10-14-32/h5-18,21-23,33H,3-4,19-20,24-25H2,1-2H3,(H,38,42)/t33-/m1/s1. The van der Waals surface area contributed by atoms with Crippen molar-refractivity contribution in [1.29, 1.82) is 0 Å². The van der Waals surface area contributed by atoms with Gasteiger partial charge < -0.3 is 10.2 Å². The van der Waals surface area contributed by atoms with Crippen LogP contribution in [-0.2, 0) is 32.6 Å². The number of unbranched alkanes of at least 4 members (excludes halogenated alkanes) is 1. The van der Waals surface area contributed by atoms with Crippen LogP contribution in [0.4, 0.5) is 5.69 Å². The van der Waals surface area contributed by atoms with Crippen LogP contribution >= 0.6 is 23.2 Å². The highest BCUT2D eigenvalue weighted by atomic mass is 35.5. The van der Waals surface area contributed by atoms with Gasteiger partial charge in [-0.25, -0.2) is 8.42 Å². The van der Waals surface area contributed by atoms with Crippen LogP contribution in [0.1, 0.15) is 36.5 Å². The third-order valence-electron chi connectivity index (χ3n) is 7.32. The van der Waals surface area contributed by atoms with Gasteiger partial charge in [-0.3, -0.25) is 13.9 Å². The summed E-state index contributed by atoms with van der Waals surface area (Å²) in [5, 5.41) is 3.42. The summed E-state index contributed by atoms with van der Waals surface area (Å²) in [5.41, 5.74) is 2.85. The molecule has 0 saturated heterocycles. The van der Waals surface area contributed by atoms with Crippen molar-refractivity contribution in [2.24, 2.45) is 0 Å². The molecular formula is C35H37Cl2N3O4S. The number of carbonyl (C=O) groups is 2. The molecule has 0 spiro atoms. The minimum atomic E-state index is -4.25. The van der Waals surface area contributed by atoms with Crippen LogP contribution in [0, 0.1) is 6.92 Å². The maximum atomic E-state index is 14.5. The Morgan fingerprint density at radius 3 is 2.02 bits per heavy atom. The summed E-state index contributed by atoms with van der Waals surface area (Å²) in [5.74, 6) is -0.867. The Hall–Kier alpha value is -3.85. The molecule has 1 N–H and O–H groups in total. The van der Waals surface area contributed by atoms with Crippen molar-refractivity contribution in [3.63, 3.8) is 0 Å². The number of hydrogen-bond acceptors (Lipinski definition) is 4. The smallest absolute Gasteiger partial charge is 0.264 e. The molecule has 4 aromatic rings. The first-order chi connectivity index (χ1) is 21.6. The van der Waals surface area contributed by atoms with Crippen LogP contribution in [0.15, 0.2) is 108 Å². The van der Waals surface area contributed by atoms with E-state index in [0.717, 1.165) is 33.8 Å². The largest absolute Gasteiger partial charge is 0.354 e. The first-order valence-electron chi connectivity index (χ1n) is 14.8. The SMILES string of the molecule is CCCCNC(=O)[C@@H](Cc1ccccc1)N(Cc1ccc(C)cc1)C(=O)CN(c1cc(Cl)cc(Cl)c1)S(=O)(=O)c1ccccc1. The Balaban J connectivity index is 1.80. The number of sulfonamides is 1. The molecule has 45 heavy (non-hydrogen) atoms. The molecule has 0 heterocycles. The lowest BCUT2D eigenvalue weighted by molar-refractivity contribution is -0.140. The molecule has 0 aliphatic carbocycles. The van der Waals surface area contributed by atoms with Crippen molar-refractivity contribution in [2.75, 3.05) is 17.4 Å². The minimum Gasteiger partial charge on any atom is -0.354 e. The van der Waals surface area contributed by atoms with E-state index in [0.29, 0.717) is 6.54 Å². The maximum Gasteiger partial charge on any atom is 0.264 e. The zero-order valence-corrected chi connectivity index (χ0v) is 27.7. The first kappa shape index (κ1) is 34.0. The highest BCUT2D eigenvalue weighted by Gasteiger charge is 2.34. The van der Waals surface area contributed by atoms with E-state index in [2.05, 4.69) is 5.32 Å². The molecule has 0 saturated carbocycles. The van der Waals surface area contributed by atoms with Gasteiger partial charge in [-0.15, -0.1) is 0 Å². The number of benzene rings is 4. The van der Waals surface area contributed by atoms with E-state index < -0.39 is 28.5 Å². The average molecular weight is 667 g/mol. The van der Waals surface area contributed by atoms with Crippen molar-refractivity contribution in [2.45, 2.75) is 50.6 Å². The van der Waals surface area contributed by atoms with Gasteiger partial charge in [0.1, 0.15) is 12.6 Å². The normalized spacial score (nSPS) is 11.9. The van der Waals surface area contributed by atoms with E-state index in [-0.39, 0.29) is 39.5 Å². The highest BCUT2D eigenvalue weighted by molar-refractivity contribution is 7.92. The fraction of sp³-hybridized carbons (Fsp3) is 0.257. The molecule has 0 radical (unpaired) electrons. The number of halogens is 2. The molecule has 1 atom stereocenters. The third-order valence-corrected chi connectivity index (χ3v) is 9.54. The number of nitrogens with zero attached hydrogens (tertiary/aromatic N) is 2. The van der Waals surface area contributed by atoms with Crippen LogP contribution < -0.4 is 9.62 Å². The van der Waals surface area contributed by atoms with Gasteiger partial charge in [0, 0.05) is 29.6 Å². The van der Waals surface area contributed by atoms with Crippen LogP contribution in [0.5, 0.6) is 0 Å². The zero-order valence-electron chi connectivity index (χ0n) is 25.3. The summed E-state index contributed by atoms with van der Waals surface area (Å²) in [6.45, 7) is 3.96. The van der Waals surface area contributed by atoms with Crippen LogP contribution in [0.3, 0.4) is 0 Å². The van der Waals surface area contributed by atoms with E-state index >= 15 is 0 Å². The minimum absolute atomic E-state index is 0.00266. The number of amides is 2. The van der Waals surface area contributed by atoms with Gasteiger partial charge >= 0.3 is 0 Å². The summed E-state index contributed by atoms with van der Waals surface area (Å²) in [6, 6.07) is 28.4. The van der Waals surface area contributed by atoms with E-state index in [4.69, 9.17) is 23.2 Å². The lowest BCUT2D eigenvalue weighted by atomic mass is 10.0. The van der Waals surface area contributed by atoms with Crippen molar-refractivity contribution in [1.82, 2.24) is 10.2 Å². The molecule has 0 aromatic heterocycles. The molecule has 0 aliphatic rings. The zero-order chi connectivity index (χ0) is 32.4. The second-order valence-electron chi connectivity index (χ2n) is 10.8. The Morgan fingerprint density at radius 2 is 1.42 bits per heavy atom. The highest BCUT2D eigenvalue weighted by Crippen LogP contribution is 2.30. The van der Waals surface area contributed by atoms with Gasteiger partial charge in [0.15, 0.2) is 0 Å². The molecular weight excluding hydrogens is 629 g/mol. The Labute approximate surface area is 275 Å². The number of nitrogens with one attached hydrogen (secondary N) is 1. The molecule has 4 rings (SSSR count). The summed E-state index contributed by atoms with van der Waals surface area (Å²) in [7, 11) is -4.25. The van der Waals surface area contributed by atoms with E-state index in [9.17, 15) is 18.0 Å². The Kier molecular flexibility index (Phi) is 12.0. The average Bonchev–Trinajstić information content (AvgIpc) is 3.02. The van der Waals surface area contributed by atoms with Gasteiger partial charge in [0.05, 0.1) is 10.6 Å². The van der Waals surface area contributed by atoms with E-state index in [1.54, 1.807) is 18.2 Å². The van der Waals surface area contributed by atoms with Crippen molar-refractivity contribution in [3.8, 4) is 0 Å². The van der Waals surface area contributed by atoms with Crippen LogP contribution in [0.25, 0.3) is 0 Å². The number of hydrogen-bond donors (Lipinski definition) is 1. The van der Waals surface area contributed by atoms with Gasteiger partial charge in [0.2, 0.25) is 11.8 Å². The fourth-order valence-corrected chi connectivity index (χ4v) is 6.82. The maximum absolute atomic E-state index is 14.5. The molecule has 0 bridgehead atoms. The van der Waals surface area contributed by atoms with Crippen molar-refractivity contribution >= 4 is 50.7 Å². The van der Waals surface area contributed by atoms with Crippen LogP contribution in [0.2, 0.25) is 10.0 Å². The summed E-state index contributed by atoms with van der Waals surface area (Å²) < 4.78 is 29.1. The quantitative estimate of drug-likeness (QED) is 0.146. The monoisotopic (exact) mass is 665 g/mol. The molecule has 0 unspecified atom stereocenters. The summed E-state index contributed by atoms with van der Waals surface area (Å²) in [6.07, 6.45) is 1.92. The summed E-state index contributed by atoms with van der Waals surface area (Å²) >= 11 is 12.6. The summed E-state index contributed by atoms with van der Waals surface area (Å²) in [4.78, 5) is 29.8. The Morgan fingerprint density at radius 1 is 0.822 bits per heavy atom. The molecule has 4 aromatic carbocycles. The van der Waals surface area contributed by atoms with Gasteiger partial charge in [-0.1, -0.05) is 115 Å². The first-order valence-corrected chi connectivity index (χ1v) is 17.0. The molecule has 10 heteroatoms. The second-order valence-corrected chi connectivity index (χ2v) is 13.5. The lowest BCUT2D eigenvalue weighted by Gasteiger charge is -2.34. The lowest BCUT2D eigenvalue weighted by Crippen LogP contribution is -2.53. The van der Waals surface area contributed by atoms with Crippen molar-refractivity contribution in [3.05, 3.63) is 130 Å². The second kappa shape index (κ2) is 15.9. The predicted molar refractivity (Wildman–Crippen MR) is 181 cm³/mol.